The summed E-state index contributed by atoms with van der Waals surface area (Å²) < 4.78 is 0. The van der Waals surface area contributed by atoms with Crippen LogP contribution < -0.4 is 5.32 Å². The Morgan fingerprint density at radius 1 is 1.83 bits per heavy atom. The van der Waals surface area contributed by atoms with Crippen LogP contribution in [0.2, 0.25) is 0 Å². The van der Waals surface area contributed by atoms with Crippen molar-refractivity contribution in [3.05, 3.63) is 22.4 Å². The molecule has 0 spiro atoms. The topological polar surface area (TPSA) is 29.1 Å². The van der Waals surface area contributed by atoms with E-state index in [-0.39, 0.29) is 11.2 Å². The van der Waals surface area contributed by atoms with Gasteiger partial charge in [0.05, 0.1) is 11.8 Å². The normalized spacial score (nSPS) is 12.5. The van der Waals surface area contributed by atoms with Gasteiger partial charge in [-0.1, -0.05) is 6.07 Å². The van der Waals surface area contributed by atoms with Crippen molar-refractivity contribution < 1.29 is 4.79 Å². The number of nitrogens with one attached hydrogen (secondary N) is 1. The average molecular weight is 201 g/mol. The number of hydrogen-bond donors (Lipinski definition) is 2. The van der Waals surface area contributed by atoms with Crippen LogP contribution in [0.15, 0.2) is 17.5 Å². The highest BCUT2D eigenvalue weighted by atomic mass is 32.1. The first-order chi connectivity index (χ1) is 5.70. The molecule has 1 rings (SSSR count). The lowest BCUT2D eigenvalue weighted by molar-refractivity contribution is -0.120. The van der Waals surface area contributed by atoms with E-state index < -0.39 is 0 Å². The molecule has 2 nitrogen and oxygen atoms in total. The highest BCUT2D eigenvalue weighted by Gasteiger charge is 2.06. The lowest BCUT2D eigenvalue weighted by atomic mass is 10.4. The van der Waals surface area contributed by atoms with Gasteiger partial charge in [-0.15, -0.1) is 11.3 Å². The highest BCUT2D eigenvalue weighted by Crippen LogP contribution is 2.07. The third-order valence-electron chi connectivity index (χ3n) is 1.40. The second kappa shape index (κ2) is 4.52. The Bertz CT molecular complexity index is 244. The van der Waals surface area contributed by atoms with E-state index in [0.717, 1.165) is 4.88 Å². The van der Waals surface area contributed by atoms with Crippen molar-refractivity contribution in [2.45, 2.75) is 18.7 Å². The predicted octanol–water partition coefficient (Wildman–Crippen LogP) is 1.68. The molecule has 0 aliphatic heterocycles. The lowest BCUT2D eigenvalue weighted by Gasteiger charge is -2.04. The molecule has 0 aliphatic rings. The first-order valence-electron chi connectivity index (χ1n) is 3.68. The molecule has 0 aromatic carbocycles. The molecule has 1 heterocycles. The van der Waals surface area contributed by atoms with E-state index in [2.05, 4.69) is 17.9 Å². The zero-order valence-electron chi connectivity index (χ0n) is 6.78. The summed E-state index contributed by atoms with van der Waals surface area (Å²) in [5.74, 6) is -0.0215. The number of thiophene rings is 1. The number of amides is 1. The number of thiol groups is 1. The molecule has 1 aromatic rings. The molecule has 1 N–H and O–H groups in total. The Morgan fingerprint density at radius 3 is 3.08 bits per heavy atom. The summed E-state index contributed by atoms with van der Waals surface area (Å²) in [7, 11) is 0. The molecule has 1 unspecified atom stereocenters. The minimum Gasteiger partial charge on any atom is -0.350 e. The van der Waals surface area contributed by atoms with Crippen LogP contribution in [-0.2, 0) is 11.3 Å². The van der Waals surface area contributed by atoms with Gasteiger partial charge in [-0.25, -0.2) is 0 Å². The summed E-state index contributed by atoms with van der Waals surface area (Å²) in [6, 6.07) is 3.96. The Morgan fingerprint density at radius 2 is 2.58 bits per heavy atom. The van der Waals surface area contributed by atoms with Crippen LogP contribution in [0.4, 0.5) is 0 Å². The van der Waals surface area contributed by atoms with Gasteiger partial charge in [-0.3, -0.25) is 4.79 Å². The highest BCUT2D eigenvalue weighted by molar-refractivity contribution is 7.81. The fraction of sp³-hybridized carbons (Fsp3) is 0.375. The van der Waals surface area contributed by atoms with E-state index in [1.807, 2.05) is 17.5 Å². The van der Waals surface area contributed by atoms with Gasteiger partial charge >= 0.3 is 0 Å². The number of hydrogen-bond acceptors (Lipinski definition) is 3. The van der Waals surface area contributed by atoms with Crippen LogP contribution in [0.1, 0.15) is 11.8 Å². The molecule has 0 bridgehead atoms. The molecular weight excluding hydrogens is 190 g/mol. The molecule has 0 radical (unpaired) electrons. The Hall–Kier alpha value is -0.480. The van der Waals surface area contributed by atoms with E-state index in [1.54, 1.807) is 18.3 Å². The average Bonchev–Trinajstić information content (AvgIpc) is 2.51. The number of carbonyl (C=O) groups is 1. The predicted molar refractivity (Wildman–Crippen MR) is 54.6 cm³/mol. The largest absolute Gasteiger partial charge is 0.350 e. The van der Waals surface area contributed by atoms with Crippen LogP contribution in [-0.4, -0.2) is 11.2 Å². The van der Waals surface area contributed by atoms with Gasteiger partial charge in [0, 0.05) is 4.88 Å². The van der Waals surface area contributed by atoms with E-state index in [0.29, 0.717) is 6.54 Å². The quantitative estimate of drug-likeness (QED) is 0.716. The molecule has 1 amide bonds. The molecule has 1 aromatic heterocycles. The van der Waals surface area contributed by atoms with Gasteiger partial charge in [-0.05, 0) is 18.4 Å². The Kier molecular flexibility index (Phi) is 3.62. The number of rotatable bonds is 3. The SMILES string of the molecule is CC(S)C(=O)NCc1cccs1. The van der Waals surface area contributed by atoms with Crippen molar-refractivity contribution in [2.75, 3.05) is 0 Å². The molecule has 1 atom stereocenters. The van der Waals surface area contributed by atoms with E-state index >= 15 is 0 Å². The van der Waals surface area contributed by atoms with Crippen LogP contribution in [0.3, 0.4) is 0 Å². The summed E-state index contributed by atoms with van der Waals surface area (Å²) in [6.45, 7) is 2.37. The molecule has 0 fully saturated rings. The van der Waals surface area contributed by atoms with Crippen molar-refractivity contribution in [2.24, 2.45) is 0 Å². The summed E-state index contributed by atoms with van der Waals surface area (Å²) in [6.07, 6.45) is 0. The first kappa shape index (κ1) is 9.61. The zero-order valence-corrected chi connectivity index (χ0v) is 8.49. The van der Waals surface area contributed by atoms with Gasteiger partial charge in [-0.2, -0.15) is 12.6 Å². The van der Waals surface area contributed by atoms with Gasteiger partial charge in [0.15, 0.2) is 0 Å². The minimum absolute atomic E-state index is 0.0215. The summed E-state index contributed by atoms with van der Waals surface area (Å²) in [5, 5.41) is 4.54. The maximum absolute atomic E-state index is 11.1. The van der Waals surface area contributed by atoms with Crippen molar-refractivity contribution in [3.8, 4) is 0 Å². The minimum atomic E-state index is -0.232. The fourth-order valence-electron chi connectivity index (χ4n) is 0.735. The zero-order chi connectivity index (χ0) is 8.97. The van der Waals surface area contributed by atoms with Gasteiger partial charge < -0.3 is 5.32 Å². The van der Waals surface area contributed by atoms with Crippen molar-refractivity contribution in [3.63, 3.8) is 0 Å². The molecule has 0 saturated carbocycles. The summed E-state index contributed by atoms with van der Waals surface area (Å²) >= 11 is 5.65. The van der Waals surface area contributed by atoms with Crippen molar-refractivity contribution in [1.29, 1.82) is 0 Å². The molecule has 12 heavy (non-hydrogen) atoms. The van der Waals surface area contributed by atoms with E-state index in [4.69, 9.17) is 0 Å². The van der Waals surface area contributed by atoms with Crippen LogP contribution in [0, 0.1) is 0 Å². The van der Waals surface area contributed by atoms with Crippen molar-refractivity contribution in [1.82, 2.24) is 5.32 Å². The second-order valence-corrected chi connectivity index (χ2v) is 4.28. The smallest absolute Gasteiger partial charge is 0.232 e. The molecule has 0 aliphatic carbocycles. The van der Waals surface area contributed by atoms with Crippen molar-refractivity contribution >= 4 is 29.9 Å². The first-order valence-corrected chi connectivity index (χ1v) is 5.08. The third-order valence-corrected chi connectivity index (χ3v) is 2.51. The van der Waals surface area contributed by atoms with Gasteiger partial charge in [0.25, 0.3) is 0 Å². The van der Waals surface area contributed by atoms with Gasteiger partial charge in [0.1, 0.15) is 0 Å². The molecule has 66 valence electrons. The van der Waals surface area contributed by atoms with Gasteiger partial charge in [0.2, 0.25) is 5.91 Å². The second-order valence-electron chi connectivity index (χ2n) is 2.47. The van der Waals surface area contributed by atoms with E-state index in [9.17, 15) is 4.79 Å². The molecule has 0 saturated heterocycles. The summed E-state index contributed by atoms with van der Waals surface area (Å²) in [4.78, 5) is 12.2. The lowest BCUT2D eigenvalue weighted by Crippen LogP contribution is -2.28. The van der Waals surface area contributed by atoms with Crippen LogP contribution in [0.5, 0.6) is 0 Å². The van der Waals surface area contributed by atoms with Crippen LogP contribution >= 0.6 is 24.0 Å². The fourth-order valence-corrected chi connectivity index (χ4v) is 1.47. The Balaban J connectivity index is 2.32. The summed E-state index contributed by atoms with van der Waals surface area (Å²) in [5.41, 5.74) is 0. The Labute approximate surface area is 81.4 Å². The number of carbonyl (C=O) groups excluding carboxylic acids is 1. The molecule has 4 heteroatoms. The van der Waals surface area contributed by atoms with Crippen LogP contribution in [0.25, 0.3) is 0 Å². The standard InChI is InChI=1S/C8H11NOS2/c1-6(11)8(10)9-5-7-3-2-4-12-7/h2-4,6,11H,5H2,1H3,(H,9,10). The maximum atomic E-state index is 11.1. The maximum Gasteiger partial charge on any atom is 0.232 e. The third kappa shape index (κ3) is 2.87. The monoisotopic (exact) mass is 201 g/mol. The molecular formula is C8H11NOS2. The van der Waals surface area contributed by atoms with E-state index in [1.165, 1.54) is 0 Å².